The second-order valence-electron chi connectivity index (χ2n) is 5.05. The zero-order valence-corrected chi connectivity index (χ0v) is 11.3. The van der Waals surface area contributed by atoms with Gasteiger partial charge in [0, 0.05) is 24.2 Å². The summed E-state index contributed by atoms with van der Waals surface area (Å²) in [6, 6.07) is 6.84. The maximum atomic E-state index is 10.9. The number of non-ortho nitro benzene ring substituents is 1. The van der Waals surface area contributed by atoms with Crippen molar-refractivity contribution >= 4 is 5.69 Å². The van der Waals surface area contributed by atoms with E-state index in [2.05, 4.69) is 0 Å². The number of nitrogens with zero attached hydrogens (tertiary/aromatic N) is 1. The number of nitro benzene ring substituents is 1. The summed E-state index contributed by atoms with van der Waals surface area (Å²) in [6.45, 7) is 5.87. The monoisotopic (exact) mass is 265 g/mol. The smallest absolute Gasteiger partial charge is 0.269 e. The molecule has 1 aliphatic rings. The highest BCUT2D eigenvalue weighted by Crippen LogP contribution is 2.38. The van der Waals surface area contributed by atoms with Crippen molar-refractivity contribution in [2.75, 3.05) is 19.8 Å². The highest BCUT2D eigenvalue weighted by atomic mass is 16.6. The molecule has 1 fully saturated rings. The lowest BCUT2D eigenvalue weighted by atomic mass is 9.74. The number of benzene rings is 1. The van der Waals surface area contributed by atoms with Crippen LogP contribution >= 0.6 is 0 Å². The van der Waals surface area contributed by atoms with Crippen LogP contribution in [0.15, 0.2) is 24.3 Å². The lowest BCUT2D eigenvalue weighted by molar-refractivity contribution is -0.385. The molecule has 0 bridgehead atoms. The third kappa shape index (κ3) is 2.93. The number of ether oxygens (including phenoxy) is 2. The minimum Gasteiger partial charge on any atom is -0.379 e. The van der Waals surface area contributed by atoms with Crippen LogP contribution in [-0.4, -0.2) is 30.8 Å². The van der Waals surface area contributed by atoms with Crippen molar-refractivity contribution in [1.82, 2.24) is 0 Å². The molecule has 0 amide bonds. The third-order valence-corrected chi connectivity index (χ3v) is 3.56. The van der Waals surface area contributed by atoms with Gasteiger partial charge < -0.3 is 9.47 Å². The molecule has 19 heavy (non-hydrogen) atoms. The summed E-state index contributed by atoms with van der Waals surface area (Å²) >= 11 is 0. The molecule has 0 radical (unpaired) electrons. The topological polar surface area (TPSA) is 61.6 Å². The summed E-state index contributed by atoms with van der Waals surface area (Å²) in [5.74, 6) is 0. The van der Waals surface area contributed by atoms with Crippen molar-refractivity contribution in [1.29, 1.82) is 0 Å². The van der Waals surface area contributed by atoms with Crippen LogP contribution in [0.2, 0.25) is 0 Å². The fraction of sp³-hybridized carbons (Fsp3) is 0.571. The van der Waals surface area contributed by atoms with Gasteiger partial charge in [0.2, 0.25) is 0 Å². The molecule has 0 aliphatic carbocycles. The predicted octanol–water partition coefficient (Wildman–Crippen LogP) is 2.68. The quantitative estimate of drug-likeness (QED) is 0.586. The normalized spacial score (nSPS) is 18.6. The Hall–Kier alpha value is -1.46. The molecule has 1 heterocycles. The maximum Gasteiger partial charge on any atom is 0.269 e. The highest BCUT2D eigenvalue weighted by Gasteiger charge is 2.42. The van der Waals surface area contributed by atoms with E-state index < -0.39 is 0 Å². The first-order chi connectivity index (χ1) is 9.07. The molecule has 1 aromatic carbocycles. The lowest BCUT2D eigenvalue weighted by Gasteiger charge is -2.43. The van der Waals surface area contributed by atoms with Crippen molar-refractivity contribution in [3.63, 3.8) is 0 Å². The molecule has 1 aliphatic heterocycles. The Bertz CT molecular complexity index is 457. The zero-order valence-electron chi connectivity index (χ0n) is 11.3. The highest BCUT2D eigenvalue weighted by molar-refractivity contribution is 5.39. The van der Waals surface area contributed by atoms with E-state index in [1.165, 1.54) is 6.07 Å². The molecule has 5 nitrogen and oxygen atoms in total. The first-order valence-corrected chi connectivity index (χ1v) is 6.52. The Labute approximate surface area is 112 Å². The van der Waals surface area contributed by atoms with Crippen molar-refractivity contribution < 1.29 is 14.4 Å². The Morgan fingerprint density at radius 3 is 2.79 bits per heavy atom. The van der Waals surface area contributed by atoms with E-state index in [0.29, 0.717) is 19.8 Å². The second kappa shape index (κ2) is 5.67. The molecule has 0 spiro atoms. The molecule has 0 aromatic heterocycles. The van der Waals surface area contributed by atoms with Gasteiger partial charge in [-0.2, -0.15) is 0 Å². The second-order valence-corrected chi connectivity index (χ2v) is 5.05. The van der Waals surface area contributed by atoms with Crippen LogP contribution in [0.4, 0.5) is 5.69 Å². The SMILES string of the molecule is CCOC(C)CC1(c2cccc([N+](=O)[O-])c2)COC1. The van der Waals surface area contributed by atoms with Gasteiger partial charge in [0.15, 0.2) is 0 Å². The van der Waals surface area contributed by atoms with E-state index in [9.17, 15) is 10.1 Å². The third-order valence-electron chi connectivity index (χ3n) is 3.56. The largest absolute Gasteiger partial charge is 0.379 e. The number of nitro groups is 1. The fourth-order valence-electron chi connectivity index (χ4n) is 2.59. The minimum atomic E-state index is -0.358. The standard InChI is InChI=1S/C14H19NO4/c1-3-19-11(2)8-14(9-18-10-14)12-5-4-6-13(7-12)15(16)17/h4-7,11H,3,8-10H2,1-2H3. The van der Waals surface area contributed by atoms with Crippen LogP contribution in [0, 0.1) is 10.1 Å². The molecular weight excluding hydrogens is 246 g/mol. The van der Waals surface area contributed by atoms with Gasteiger partial charge in [-0.3, -0.25) is 10.1 Å². The van der Waals surface area contributed by atoms with Gasteiger partial charge in [0.25, 0.3) is 5.69 Å². The van der Waals surface area contributed by atoms with Gasteiger partial charge >= 0.3 is 0 Å². The Kier molecular flexibility index (Phi) is 4.17. The summed E-state index contributed by atoms with van der Waals surface area (Å²) in [4.78, 5) is 10.5. The molecular formula is C14H19NO4. The van der Waals surface area contributed by atoms with E-state index in [0.717, 1.165) is 12.0 Å². The summed E-state index contributed by atoms with van der Waals surface area (Å²) in [5.41, 5.74) is 0.966. The van der Waals surface area contributed by atoms with Crippen LogP contribution in [0.5, 0.6) is 0 Å². The molecule has 0 saturated carbocycles. The van der Waals surface area contributed by atoms with Gasteiger partial charge in [0.1, 0.15) is 0 Å². The van der Waals surface area contributed by atoms with Crippen molar-refractivity contribution in [3.8, 4) is 0 Å². The first-order valence-electron chi connectivity index (χ1n) is 6.52. The summed E-state index contributed by atoms with van der Waals surface area (Å²) < 4.78 is 10.9. The van der Waals surface area contributed by atoms with E-state index in [-0.39, 0.29) is 22.1 Å². The van der Waals surface area contributed by atoms with Crippen molar-refractivity contribution in [2.24, 2.45) is 0 Å². The van der Waals surface area contributed by atoms with Gasteiger partial charge in [-0.05, 0) is 25.8 Å². The van der Waals surface area contributed by atoms with Crippen LogP contribution < -0.4 is 0 Å². The molecule has 2 rings (SSSR count). The number of hydrogen-bond donors (Lipinski definition) is 0. The van der Waals surface area contributed by atoms with Gasteiger partial charge in [0.05, 0.1) is 24.2 Å². The van der Waals surface area contributed by atoms with Crippen LogP contribution in [0.1, 0.15) is 25.8 Å². The minimum absolute atomic E-state index is 0.119. The average molecular weight is 265 g/mol. The molecule has 5 heteroatoms. The maximum absolute atomic E-state index is 10.9. The van der Waals surface area contributed by atoms with Gasteiger partial charge in [-0.15, -0.1) is 0 Å². The number of rotatable bonds is 6. The van der Waals surface area contributed by atoms with Crippen LogP contribution in [-0.2, 0) is 14.9 Å². The molecule has 1 atom stereocenters. The van der Waals surface area contributed by atoms with Gasteiger partial charge in [-0.1, -0.05) is 12.1 Å². The summed E-state index contributed by atoms with van der Waals surface area (Å²) in [7, 11) is 0. The van der Waals surface area contributed by atoms with Gasteiger partial charge in [-0.25, -0.2) is 0 Å². The Balaban J connectivity index is 2.21. The lowest BCUT2D eigenvalue weighted by Crippen LogP contribution is -2.48. The van der Waals surface area contributed by atoms with Crippen LogP contribution in [0.25, 0.3) is 0 Å². The average Bonchev–Trinajstić information content (AvgIpc) is 2.34. The Morgan fingerprint density at radius 1 is 1.53 bits per heavy atom. The molecule has 1 saturated heterocycles. The summed E-state index contributed by atoms with van der Waals surface area (Å²) in [5, 5.41) is 10.9. The molecule has 1 unspecified atom stereocenters. The van der Waals surface area contributed by atoms with E-state index in [1.807, 2.05) is 19.9 Å². The first kappa shape index (κ1) is 14.0. The van der Waals surface area contributed by atoms with E-state index in [4.69, 9.17) is 9.47 Å². The van der Waals surface area contributed by atoms with E-state index >= 15 is 0 Å². The zero-order chi connectivity index (χ0) is 13.9. The van der Waals surface area contributed by atoms with Crippen LogP contribution in [0.3, 0.4) is 0 Å². The fourth-order valence-corrected chi connectivity index (χ4v) is 2.59. The van der Waals surface area contributed by atoms with Crippen molar-refractivity contribution in [3.05, 3.63) is 39.9 Å². The van der Waals surface area contributed by atoms with E-state index in [1.54, 1.807) is 12.1 Å². The molecule has 104 valence electrons. The predicted molar refractivity (Wildman–Crippen MR) is 71.3 cm³/mol. The molecule has 1 aromatic rings. The summed E-state index contributed by atoms with van der Waals surface area (Å²) in [6.07, 6.45) is 0.940. The molecule has 0 N–H and O–H groups in total. The number of hydrogen-bond acceptors (Lipinski definition) is 4. The van der Waals surface area contributed by atoms with Crippen molar-refractivity contribution in [2.45, 2.75) is 31.8 Å². The Morgan fingerprint density at radius 2 is 2.26 bits per heavy atom.